The number of carbonyl (C=O) groups is 2. The molecule has 0 spiro atoms. The fraction of sp³-hybridized carbons (Fsp3) is 0.667. The van der Waals surface area contributed by atoms with Crippen LogP contribution in [0.4, 0.5) is 19.0 Å². The minimum absolute atomic E-state index is 0. The minimum Gasteiger partial charge on any atom is -0.343 e. The van der Waals surface area contributed by atoms with Crippen LogP contribution >= 0.6 is 12.4 Å². The first kappa shape index (κ1) is 20.5. The molecule has 2 aliphatic rings. The summed E-state index contributed by atoms with van der Waals surface area (Å²) in [6.45, 7) is 3.23. The molecule has 0 bridgehead atoms. The number of carbonyl (C=O) groups excluding carboxylic acids is 2. The molecule has 0 aromatic carbocycles. The van der Waals surface area contributed by atoms with Crippen LogP contribution in [0.1, 0.15) is 31.3 Å². The van der Waals surface area contributed by atoms with E-state index in [2.05, 4.69) is 15.6 Å². The lowest BCUT2D eigenvalue weighted by Gasteiger charge is -2.30. The van der Waals surface area contributed by atoms with Gasteiger partial charge in [0, 0.05) is 45.6 Å². The van der Waals surface area contributed by atoms with Crippen molar-refractivity contribution in [2.45, 2.75) is 39.0 Å². The Kier molecular flexibility index (Phi) is 6.17. The van der Waals surface area contributed by atoms with Crippen molar-refractivity contribution < 1.29 is 22.8 Å². The number of nitrogens with one attached hydrogen (secondary N) is 2. The summed E-state index contributed by atoms with van der Waals surface area (Å²) in [5.74, 6) is -1.73. The molecule has 1 fully saturated rings. The van der Waals surface area contributed by atoms with Crippen LogP contribution in [-0.4, -0.2) is 45.9 Å². The lowest BCUT2D eigenvalue weighted by molar-refractivity contribution is -0.147. The molecule has 146 valence electrons. The van der Waals surface area contributed by atoms with E-state index < -0.39 is 12.0 Å². The van der Waals surface area contributed by atoms with Crippen molar-refractivity contribution in [3.8, 4) is 0 Å². The fourth-order valence-electron chi connectivity index (χ4n) is 3.30. The highest BCUT2D eigenvalue weighted by molar-refractivity contribution is 5.92. The van der Waals surface area contributed by atoms with Gasteiger partial charge >= 0.3 is 6.18 Å². The van der Waals surface area contributed by atoms with Crippen molar-refractivity contribution in [2.75, 3.05) is 25.0 Å². The maximum Gasteiger partial charge on any atom is 0.449 e. The van der Waals surface area contributed by atoms with E-state index in [1.807, 2.05) is 0 Å². The van der Waals surface area contributed by atoms with Gasteiger partial charge in [0.05, 0.1) is 5.69 Å². The minimum atomic E-state index is -4.57. The van der Waals surface area contributed by atoms with Gasteiger partial charge in [-0.2, -0.15) is 13.2 Å². The van der Waals surface area contributed by atoms with Gasteiger partial charge in [-0.15, -0.1) is 12.4 Å². The Morgan fingerprint density at radius 2 is 1.88 bits per heavy atom. The van der Waals surface area contributed by atoms with Crippen molar-refractivity contribution in [2.24, 2.45) is 5.92 Å². The number of halogens is 4. The Balaban J connectivity index is 0.00000243. The lowest BCUT2D eigenvalue weighted by atomic mass is 9.96. The van der Waals surface area contributed by atoms with Crippen LogP contribution in [0.2, 0.25) is 0 Å². The number of imidazole rings is 1. The molecule has 26 heavy (non-hydrogen) atoms. The third-order valence-electron chi connectivity index (χ3n) is 4.68. The lowest BCUT2D eigenvalue weighted by Crippen LogP contribution is -2.40. The Labute approximate surface area is 154 Å². The zero-order valence-corrected chi connectivity index (χ0v) is 15.0. The number of likely N-dealkylation sites (tertiary alicyclic amines) is 1. The maximum absolute atomic E-state index is 13.1. The second-order valence-electron chi connectivity index (χ2n) is 6.33. The summed E-state index contributed by atoms with van der Waals surface area (Å²) in [6.07, 6.45) is -3.58. The van der Waals surface area contributed by atoms with Crippen LogP contribution in [0, 0.1) is 5.92 Å². The van der Waals surface area contributed by atoms with Gasteiger partial charge in [-0.3, -0.25) is 9.59 Å². The van der Waals surface area contributed by atoms with Crippen molar-refractivity contribution in [3.05, 3.63) is 11.5 Å². The highest BCUT2D eigenvalue weighted by Crippen LogP contribution is 2.33. The molecule has 0 aliphatic carbocycles. The van der Waals surface area contributed by atoms with E-state index in [1.165, 1.54) is 6.92 Å². The standard InChI is InChI=1S/C15H20F3N5O2.ClH/c1-9(24)22-5-2-10(3-6-22)13(25)20-12-11-8-19-4-7-23(11)14(21-12)15(16,17)18;/h10,19H,2-8H2,1H3,(H,20,25);1H. The molecule has 0 unspecified atom stereocenters. The van der Waals surface area contributed by atoms with Gasteiger partial charge in [-0.1, -0.05) is 0 Å². The highest BCUT2D eigenvalue weighted by atomic mass is 35.5. The number of piperidine rings is 1. The van der Waals surface area contributed by atoms with E-state index in [-0.39, 0.29) is 49.0 Å². The van der Waals surface area contributed by atoms with Crippen molar-refractivity contribution in [3.63, 3.8) is 0 Å². The van der Waals surface area contributed by atoms with E-state index in [0.29, 0.717) is 38.2 Å². The number of fused-ring (bicyclic) bond motifs is 1. The maximum atomic E-state index is 13.1. The van der Waals surface area contributed by atoms with Gasteiger partial charge in [0.25, 0.3) is 0 Å². The summed E-state index contributed by atoms with van der Waals surface area (Å²) in [6, 6.07) is 0. The molecular formula is C15H21ClF3N5O2. The number of alkyl halides is 3. The van der Waals surface area contributed by atoms with Gasteiger partial charge in [0.2, 0.25) is 17.6 Å². The first-order chi connectivity index (χ1) is 11.8. The summed E-state index contributed by atoms with van der Waals surface area (Å²) in [7, 11) is 0. The molecule has 0 saturated carbocycles. The SMILES string of the molecule is CC(=O)N1CCC(C(=O)Nc2nc(C(F)(F)F)n3c2CNCC3)CC1.Cl. The summed E-state index contributed by atoms with van der Waals surface area (Å²) in [5.41, 5.74) is 0.341. The molecule has 11 heteroatoms. The third-order valence-corrected chi connectivity index (χ3v) is 4.68. The molecule has 3 heterocycles. The second kappa shape index (κ2) is 7.83. The van der Waals surface area contributed by atoms with Crippen molar-refractivity contribution in [1.82, 2.24) is 19.8 Å². The van der Waals surface area contributed by atoms with E-state index in [4.69, 9.17) is 0 Å². The number of aromatic nitrogens is 2. The summed E-state index contributed by atoms with van der Waals surface area (Å²) in [4.78, 5) is 29.0. The molecule has 0 radical (unpaired) electrons. The molecule has 3 rings (SSSR count). The summed E-state index contributed by atoms with van der Waals surface area (Å²) < 4.78 is 40.6. The molecule has 2 N–H and O–H groups in total. The zero-order valence-electron chi connectivity index (χ0n) is 14.2. The number of rotatable bonds is 2. The average Bonchev–Trinajstić information content (AvgIpc) is 2.94. The largest absolute Gasteiger partial charge is 0.449 e. The predicted octanol–water partition coefficient (Wildman–Crippen LogP) is 1.62. The van der Waals surface area contributed by atoms with Crippen LogP contribution < -0.4 is 10.6 Å². The van der Waals surface area contributed by atoms with Crippen LogP contribution in [0.5, 0.6) is 0 Å². The quantitative estimate of drug-likeness (QED) is 0.797. The topological polar surface area (TPSA) is 79.3 Å². The first-order valence-electron chi connectivity index (χ1n) is 8.21. The normalized spacial score (nSPS) is 18.1. The molecule has 0 atom stereocenters. The van der Waals surface area contributed by atoms with E-state index in [1.54, 1.807) is 4.90 Å². The number of amides is 2. The van der Waals surface area contributed by atoms with Crippen LogP contribution in [0.15, 0.2) is 0 Å². The number of nitrogens with zero attached hydrogens (tertiary/aromatic N) is 3. The van der Waals surface area contributed by atoms with E-state index in [9.17, 15) is 22.8 Å². The molecular weight excluding hydrogens is 375 g/mol. The number of anilines is 1. The van der Waals surface area contributed by atoms with Gasteiger partial charge in [-0.25, -0.2) is 4.98 Å². The third kappa shape index (κ3) is 4.12. The van der Waals surface area contributed by atoms with Gasteiger partial charge in [0.15, 0.2) is 5.82 Å². The molecule has 1 aromatic heterocycles. The monoisotopic (exact) mass is 395 g/mol. The Bertz CT molecular complexity index is 684. The predicted molar refractivity (Wildman–Crippen MR) is 89.8 cm³/mol. The highest BCUT2D eigenvalue weighted by Gasteiger charge is 2.40. The fourth-order valence-corrected chi connectivity index (χ4v) is 3.30. The van der Waals surface area contributed by atoms with Crippen molar-refractivity contribution >= 4 is 30.0 Å². The number of hydrogen-bond acceptors (Lipinski definition) is 4. The van der Waals surface area contributed by atoms with Gasteiger partial charge in [0.1, 0.15) is 0 Å². The van der Waals surface area contributed by atoms with Crippen LogP contribution in [0.25, 0.3) is 0 Å². The molecule has 1 saturated heterocycles. The molecule has 7 nitrogen and oxygen atoms in total. The van der Waals surface area contributed by atoms with Crippen molar-refractivity contribution in [1.29, 1.82) is 0 Å². The molecule has 2 aliphatic heterocycles. The molecule has 1 aromatic rings. The van der Waals surface area contributed by atoms with Gasteiger partial charge in [-0.05, 0) is 12.8 Å². The zero-order chi connectivity index (χ0) is 18.2. The molecule has 2 amide bonds. The Morgan fingerprint density at radius 1 is 1.23 bits per heavy atom. The second-order valence-corrected chi connectivity index (χ2v) is 6.33. The average molecular weight is 396 g/mol. The van der Waals surface area contributed by atoms with Gasteiger partial charge < -0.3 is 20.1 Å². The summed E-state index contributed by atoms with van der Waals surface area (Å²) >= 11 is 0. The summed E-state index contributed by atoms with van der Waals surface area (Å²) in [5, 5.41) is 5.56. The van der Waals surface area contributed by atoms with Crippen LogP contribution in [0.3, 0.4) is 0 Å². The van der Waals surface area contributed by atoms with Crippen LogP contribution in [-0.2, 0) is 28.9 Å². The Morgan fingerprint density at radius 3 is 2.46 bits per heavy atom. The number of hydrogen-bond donors (Lipinski definition) is 2. The van der Waals surface area contributed by atoms with E-state index >= 15 is 0 Å². The van der Waals surface area contributed by atoms with E-state index in [0.717, 1.165) is 4.57 Å². The Hall–Kier alpha value is -1.81. The smallest absolute Gasteiger partial charge is 0.343 e. The first-order valence-corrected chi connectivity index (χ1v) is 8.21.